The summed E-state index contributed by atoms with van der Waals surface area (Å²) in [5.41, 5.74) is 12.0. The monoisotopic (exact) mass is 332 g/mol. The largest absolute Gasteiger partial charge is 0.345 e. The second-order valence-corrected chi connectivity index (χ2v) is 6.25. The molecule has 2 rings (SSSR count). The average molecular weight is 333 g/mol. The van der Waals surface area contributed by atoms with Crippen LogP contribution in [0.5, 0.6) is 0 Å². The lowest BCUT2D eigenvalue weighted by atomic mass is 10.1. The molecule has 2 aromatic rings. The number of rotatable bonds is 3. The molecule has 0 saturated heterocycles. The van der Waals surface area contributed by atoms with Gasteiger partial charge in [0.2, 0.25) is 0 Å². The molecule has 0 fully saturated rings. The Morgan fingerprint density at radius 1 is 1.00 bits per heavy atom. The summed E-state index contributed by atoms with van der Waals surface area (Å²) < 4.78 is 1.06. The van der Waals surface area contributed by atoms with Crippen LogP contribution in [-0.2, 0) is 0 Å². The average Bonchev–Trinajstić information content (AvgIpc) is 2.36. The van der Waals surface area contributed by atoms with Gasteiger partial charge in [0, 0.05) is 28.9 Å². The summed E-state index contributed by atoms with van der Waals surface area (Å²) in [5, 5.41) is 0. The molecule has 1 atom stereocenters. The van der Waals surface area contributed by atoms with Crippen molar-refractivity contribution in [1.82, 2.24) is 0 Å². The molecular weight excluding hydrogens is 312 g/mol. The lowest BCUT2D eigenvalue weighted by molar-refractivity contribution is 0.813. The smallest absolute Gasteiger partial charge is 0.0419 e. The lowest BCUT2D eigenvalue weighted by Crippen LogP contribution is -2.11. The first-order chi connectivity index (χ1) is 9.38. The highest BCUT2D eigenvalue weighted by Crippen LogP contribution is 2.31. The molecular formula is C17H21BrN2. The Bertz CT molecular complexity index is 600. The molecule has 0 radical (unpaired) electrons. The van der Waals surface area contributed by atoms with E-state index in [-0.39, 0.29) is 6.04 Å². The molecule has 0 unspecified atom stereocenters. The topological polar surface area (TPSA) is 29.3 Å². The number of hydrogen-bond acceptors (Lipinski definition) is 2. The van der Waals surface area contributed by atoms with Crippen molar-refractivity contribution in [2.75, 3.05) is 11.9 Å². The summed E-state index contributed by atoms with van der Waals surface area (Å²) in [6.45, 7) is 6.24. The zero-order valence-electron chi connectivity index (χ0n) is 12.4. The van der Waals surface area contributed by atoms with E-state index in [1.807, 2.05) is 6.92 Å². The summed E-state index contributed by atoms with van der Waals surface area (Å²) in [6, 6.07) is 12.9. The van der Waals surface area contributed by atoms with E-state index in [0.29, 0.717) is 0 Å². The van der Waals surface area contributed by atoms with Gasteiger partial charge < -0.3 is 10.6 Å². The first-order valence-corrected chi connectivity index (χ1v) is 7.55. The Balaban J connectivity index is 2.38. The second-order valence-electron chi connectivity index (χ2n) is 5.40. The third-order valence-electron chi connectivity index (χ3n) is 3.46. The molecule has 0 aliphatic rings. The van der Waals surface area contributed by atoms with Crippen LogP contribution in [0.2, 0.25) is 0 Å². The van der Waals surface area contributed by atoms with Gasteiger partial charge in [-0.05, 0) is 61.7 Å². The van der Waals surface area contributed by atoms with Crippen molar-refractivity contribution in [2.24, 2.45) is 5.73 Å². The Morgan fingerprint density at radius 2 is 1.60 bits per heavy atom. The second kappa shape index (κ2) is 5.98. The fourth-order valence-electron chi connectivity index (χ4n) is 2.39. The van der Waals surface area contributed by atoms with Crippen molar-refractivity contribution < 1.29 is 0 Å². The highest BCUT2D eigenvalue weighted by Gasteiger charge is 2.10. The van der Waals surface area contributed by atoms with E-state index < -0.39 is 0 Å². The summed E-state index contributed by atoms with van der Waals surface area (Å²) in [5.74, 6) is 0. The molecule has 2 nitrogen and oxygen atoms in total. The molecule has 0 bridgehead atoms. The maximum absolute atomic E-state index is 5.95. The Hall–Kier alpha value is -1.32. The van der Waals surface area contributed by atoms with Crippen molar-refractivity contribution in [1.29, 1.82) is 0 Å². The molecule has 2 N–H and O–H groups in total. The highest BCUT2D eigenvalue weighted by atomic mass is 79.9. The summed E-state index contributed by atoms with van der Waals surface area (Å²) in [6.07, 6.45) is 0. The van der Waals surface area contributed by atoms with Crippen LogP contribution in [0.4, 0.5) is 11.4 Å². The fraction of sp³-hybridized carbons (Fsp3) is 0.294. The SMILES string of the molecule is Cc1cc(C)cc(N(C)c2ccc([C@H](C)N)c(Br)c2)c1. The lowest BCUT2D eigenvalue weighted by Gasteiger charge is -2.22. The van der Waals surface area contributed by atoms with Gasteiger partial charge in [0.05, 0.1) is 0 Å². The molecule has 0 saturated carbocycles. The van der Waals surface area contributed by atoms with Gasteiger partial charge in [0.25, 0.3) is 0 Å². The first-order valence-electron chi connectivity index (χ1n) is 6.75. The number of benzene rings is 2. The van der Waals surface area contributed by atoms with Crippen LogP contribution in [0.25, 0.3) is 0 Å². The number of aryl methyl sites for hydroxylation is 2. The normalized spacial score (nSPS) is 12.3. The first kappa shape index (κ1) is 15.1. The van der Waals surface area contributed by atoms with Crippen LogP contribution < -0.4 is 10.6 Å². The predicted octanol–water partition coefficient (Wildman–Crippen LogP) is 4.85. The number of nitrogens with two attached hydrogens (primary N) is 1. The number of nitrogens with zero attached hydrogens (tertiary/aromatic N) is 1. The van der Waals surface area contributed by atoms with Crippen LogP contribution in [0.15, 0.2) is 40.9 Å². The zero-order valence-corrected chi connectivity index (χ0v) is 14.0. The van der Waals surface area contributed by atoms with E-state index in [2.05, 4.69) is 78.1 Å². The molecule has 0 aliphatic carbocycles. The van der Waals surface area contributed by atoms with Crippen molar-refractivity contribution in [3.8, 4) is 0 Å². The maximum Gasteiger partial charge on any atom is 0.0419 e. The number of halogens is 1. The van der Waals surface area contributed by atoms with E-state index in [1.54, 1.807) is 0 Å². The highest BCUT2D eigenvalue weighted by molar-refractivity contribution is 9.10. The van der Waals surface area contributed by atoms with Crippen LogP contribution in [0.3, 0.4) is 0 Å². The van der Waals surface area contributed by atoms with Crippen LogP contribution in [0, 0.1) is 13.8 Å². The molecule has 0 amide bonds. The third-order valence-corrected chi connectivity index (χ3v) is 4.14. The van der Waals surface area contributed by atoms with Gasteiger partial charge in [-0.1, -0.05) is 28.1 Å². The fourth-order valence-corrected chi connectivity index (χ4v) is 3.12. The van der Waals surface area contributed by atoms with Gasteiger partial charge in [-0.25, -0.2) is 0 Å². The van der Waals surface area contributed by atoms with E-state index in [0.717, 1.165) is 15.7 Å². The summed E-state index contributed by atoms with van der Waals surface area (Å²) in [7, 11) is 2.08. The van der Waals surface area contributed by atoms with Gasteiger partial charge in [-0.3, -0.25) is 0 Å². The maximum atomic E-state index is 5.95. The molecule has 20 heavy (non-hydrogen) atoms. The minimum absolute atomic E-state index is 0.0324. The minimum atomic E-state index is 0.0324. The van der Waals surface area contributed by atoms with Crippen molar-refractivity contribution in [2.45, 2.75) is 26.8 Å². The molecule has 106 valence electrons. The predicted molar refractivity (Wildman–Crippen MR) is 90.7 cm³/mol. The van der Waals surface area contributed by atoms with Crippen LogP contribution in [-0.4, -0.2) is 7.05 Å². The standard InChI is InChI=1S/C17H21BrN2/c1-11-7-12(2)9-15(8-11)20(4)14-5-6-16(13(3)19)17(18)10-14/h5-10,13H,19H2,1-4H3/t13-/m0/s1. The quantitative estimate of drug-likeness (QED) is 0.870. The van der Waals surface area contributed by atoms with Gasteiger partial charge >= 0.3 is 0 Å². The molecule has 0 aromatic heterocycles. The number of hydrogen-bond donors (Lipinski definition) is 1. The zero-order chi connectivity index (χ0) is 14.9. The third kappa shape index (κ3) is 3.22. The summed E-state index contributed by atoms with van der Waals surface area (Å²) >= 11 is 3.61. The molecule has 3 heteroatoms. The van der Waals surface area contributed by atoms with Crippen LogP contribution >= 0.6 is 15.9 Å². The van der Waals surface area contributed by atoms with Gasteiger partial charge in [-0.15, -0.1) is 0 Å². The van der Waals surface area contributed by atoms with E-state index in [1.165, 1.54) is 16.8 Å². The van der Waals surface area contributed by atoms with Crippen molar-refractivity contribution in [3.05, 3.63) is 57.6 Å². The minimum Gasteiger partial charge on any atom is -0.345 e. The molecule has 0 spiro atoms. The van der Waals surface area contributed by atoms with Crippen LogP contribution in [0.1, 0.15) is 29.7 Å². The van der Waals surface area contributed by atoms with E-state index >= 15 is 0 Å². The number of anilines is 2. The molecule has 2 aromatic carbocycles. The Labute approximate surface area is 129 Å². The van der Waals surface area contributed by atoms with Gasteiger partial charge in [-0.2, -0.15) is 0 Å². The Morgan fingerprint density at radius 3 is 2.10 bits per heavy atom. The van der Waals surface area contributed by atoms with E-state index in [9.17, 15) is 0 Å². The molecule has 0 aliphatic heterocycles. The van der Waals surface area contributed by atoms with E-state index in [4.69, 9.17) is 5.73 Å². The molecule has 0 heterocycles. The Kier molecular flexibility index (Phi) is 4.51. The summed E-state index contributed by atoms with van der Waals surface area (Å²) in [4.78, 5) is 2.19. The van der Waals surface area contributed by atoms with Gasteiger partial charge in [0.15, 0.2) is 0 Å². The van der Waals surface area contributed by atoms with Crippen molar-refractivity contribution in [3.63, 3.8) is 0 Å². The van der Waals surface area contributed by atoms with Crippen molar-refractivity contribution >= 4 is 27.3 Å². The van der Waals surface area contributed by atoms with Gasteiger partial charge in [0.1, 0.15) is 0 Å².